The molecule has 1 atom stereocenters. The van der Waals surface area contributed by atoms with Crippen LogP contribution in [0.25, 0.3) is 11.1 Å². The standard InChI is InChI=1S/C21H26N4O2/c1-15(2)25(20-13-24-8-6-16(20)7-9-24)21(26)27-19-5-3-4-17(10-19)18-11-22-14-23-12-18/h3-5,10-12,14-16,20H,6-9,13H2,1-2H3. The maximum Gasteiger partial charge on any atom is 0.415 e. The second-order valence-corrected chi connectivity index (χ2v) is 7.73. The first kappa shape index (κ1) is 17.9. The summed E-state index contributed by atoms with van der Waals surface area (Å²) in [5, 5.41) is 0. The van der Waals surface area contributed by atoms with Gasteiger partial charge in [-0.05, 0) is 63.4 Å². The summed E-state index contributed by atoms with van der Waals surface area (Å²) in [4.78, 5) is 25.5. The van der Waals surface area contributed by atoms with Crippen molar-refractivity contribution >= 4 is 6.09 Å². The second kappa shape index (κ2) is 7.64. The topological polar surface area (TPSA) is 58.6 Å². The van der Waals surface area contributed by atoms with Crippen LogP contribution < -0.4 is 4.74 Å². The lowest BCUT2D eigenvalue weighted by Gasteiger charge is -2.49. The summed E-state index contributed by atoms with van der Waals surface area (Å²) in [6, 6.07) is 7.88. The quantitative estimate of drug-likeness (QED) is 0.829. The van der Waals surface area contributed by atoms with Gasteiger partial charge in [0.05, 0.1) is 6.04 Å². The van der Waals surface area contributed by atoms with Crippen LogP contribution in [0.15, 0.2) is 43.0 Å². The Kier molecular flexibility index (Phi) is 5.07. The van der Waals surface area contributed by atoms with E-state index in [9.17, 15) is 4.79 Å². The molecule has 0 spiro atoms. The van der Waals surface area contributed by atoms with Crippen LogP contribution in [0.1, 0.15) is 26.7 Å². The smallest absolute Gasteiger partial charge is 0.410 e. The molecule has 1 aromatic heterocycles. The van der Waals surface area contributed by atoms with Crippen molar-refractivity contribution in [3.05, 3.63) is 43.0 Å². The number of aromatic nitrogens is 2. The van der Waals surface area contributed by atoms with Crippen LogP contribution in [0, 0.1) is 5.92 Å². The van der Waals surface area contributed by atoms with Gasteiger partial charge < -0.3 is 14.5 Å². The maximum atomic E-state index is 13.0. The molecule has 5 rings (SSSR count). The van der Waals surface area contributed by atoms with Gasteiger partial charge in [0.15, 0.2) is 0 Å². The fourth-order valence-electron chi connectivity index (χ4n) is 4.32. The lowest BCUT2D eigenvalue weighted by atomic mass is 9.83. The number of carbonyl (C=O) groups is 1. The van der Waals surface area contributed by atoms with Gasteiger partial charge >= 0.3 is 6.09 Å². The van der Waals surface area contributed by atoms with Crippen LogP contribution in [0.3, 0.4) is 0 Å². The van der Waals surface area contributed by atoms with Crippen molar-refractivity contribution in [2.45, 2.75) is 38.8 Å². The molecule has 142 valence electrons. The molecule has 2 aromatic rings. The predicted molar refractivity (Wildman–Crippen MR) is 103 cm³/mol. The number of hydrogen-bond acceptors (Lipinski definition) is 5. The van der Waals surface area contributed by atoms with Crippen LogP contribution in [0.5, 0.6) is 5.75 Å². The van der Waals surface area contributed by atoms with Gasteiger partial charge in [-0.25, -0.2) is 14.8 Å². The van der Waals surface area contributed by atoms with Crippen molar-refractivity contribution < 1.29 is 9.53 Å². The summed E-state index contributed by atoms with van der Waals surface area (Å²) in [5.74, 6) is 1.13. The highest BCUT2D eigenvalue weighted by Gasteiger charge is 2.41. The Bertz CT molecular complexity index is 788. The molecule has 3 aliphatic rings. The lowest BCUT2D eigenvalue weighted by molar-refractivity contribution is 0.00133. The minimum absolute atomic E-state index is 0.105. The Hall–Kier alpha value is -2.47. The van der Waals surface area contributed by atoms with Crippen molar-refractivity contribution in [2.75, 3.05) is 19.6 Å². The van der Waals surface area contributed by atoms with E-state index in [0.29, 0.717) is 11.7 Å². The fraction of sp³-hybridized carbons (Fsp3) is 0.476. The largest absolute Gasteiger partial charge is 0.415 e. The number of rotatable bonds is 4. The van der Waals surface area contributed by atoms with Gasteiger partial charge in [0, 0.05) is 30.5 Å². The van der Waals surface area contributed by atoms with Crippen molar-refractivity contribution in [3.8, 4) is 16.9 Å². The van der Waals surface area contributed by atoms with E-state index in [-0.39, 0.29) is 18.2 Å². The molecule has 1 aromatic carbocycles. The van der Waals surface area contributed by atoms with Gasteiger partial charge in [-0.2, -0.15) is 0 Å². The number of carbonyl (C=O) groups excluding carboxylic acids is 1. The lowest BCUT2D eigenvalue weighted by Crippen LogP contribution is -2.60. The SMILES string of the molecule is CC(C)N(C(=O)Oc1cccc(-c2cncnc2)c1)C1CN2CCC1CC2. The molecule has 2 bridgehead atoms. The number of fused-ring (bicyclic) bond motifs is 3. The average Bonchev–Trinajstić information content (AvgIpc) is 2.70. The Labute approximate surface area is 160 Å². The number of hydrogen-bond donors (Lipinski definition) is 0. The minimum Gasteiger partial charge on any atom is -0.410 e. The molecule has 4 heterocycles. The second-order valence-electron chi connectivity index (χ2n) is 7.73. The van der Waals surface area contributed by atoms with Crippen LogP contribution >= 0.6 is 0 Å². The first-order chi connectivity index (χ1) is 13.1. The number of ether oxygens (including phenoxy) is 1. The van der Waals surface area contributed by atoms with Crippen molar-refractivity contribution in [3.63, 3.8) is 0 Å². The van der Waals surface area contributed by atoms with Gasteiger partial charge in [-0.15, -0.1) is 0 Å². The Balaban J connectivity index is 1.52. The third-order valence-electron chi connectivity index (χ3n) is 5.68. The number of nitrogens with zero attached hydrogens (tertiary/aromatic N) is 4. The van der Waals surface area contributed by atoms with E-state index in [2.05, 4.69) is 28.7 Å². The monoisotopic (exact) mass is 366 g/mol. The molecule has 6 nitrogen and oxygen atoms in total. The van der Waals surface area contributed by atoms with E-state index >= 15 is 0 Å². The van der Waals surface area contributed by atoms with Crippen LogP contribution in [-0.2, 0) is 0 Å². The van der Waals surface area contributed by atoms with Gasteiger partial charge in [-0.3, -0.25) is 0 Å². The maximum absolute atomic E-state index is 13.0. The van der Waals surface area contributed by atoms with Crippen molar-refractivity contribution in [1.82, 2.24) is 19.8 Å². The van der Waals surface area contributed by atoms with E-state index in [0.717, 1.165) is 30.8 Å². The summed E-state index contributed by atoms with van der Waals surface area (Å²) in [5.41, 5.74) is 1.83. The Morgan fingerprint density at radius 1 is 1.19 bits per heavy atom. The molecular formula is C21H26N4O2. The van der Waals surface area contributed by atoms with E-state index in [4.69, 9.17) is 4.74 Å². The van der Waals surface area contributed by atoms with Crippen LogP contribution in [0.2, 0.25) is 0 Å². The van der Waals surface area contributed by atoms with E-state index in [1.54, 1.807) is 12.4 Å². The summed E-state index contributed by atoms with van der Waals surface area (Å²) in [7, 11) is 0. The first-order valence-corrected chi connectivity index (χ1v) is 9.70. The third kappa shape index (κ3) is 3.81. The molecule has 27 heavy (non-hydrogen) atoms. The zero-order chi connectivity index (χ0) is 18.8. The molecule has 0 saturated carbocycles. The molecule has 6 heteroatoms. The van der Waals surface area contributed by atoms with Crippen LogP contribution in [-0.4, -0.2) is 57.6 Å². The zero-order valence-electron chi connectivity index (χ0n) is 15.9. The average molecular weight is 366 g/mol. The van der Waals surface area contributed by atoms with Gasteiger partial charge in [0.1, 0.15) is 12.1 Å². The highest BCUT2D eigenvalue weighted by Crippen LogP contribution is 2.32. The Morgan fingerprint density at radius 2 is 1.93 bits per heavy atom. The molecule has 3 saturated heterocycles. The predicted octanol–water partition coefficient (Wildman–Crippen LogP) is 3.45. The molecule has 1 amide bonds. The van der Waals surface area contributed by atoms with E-state index < -0.39 is 0 Å². The molecular weight excluding hydrogens is 340 g/mol. The molecule has 0 N–H and O–H groups in total. The molecule has 1 unspecified atom stereocenters. The fourth-order valence-corrected chi connectivity index (χ4v) is 4.32. The third-order valence-corrected chi connectivity index (χ3v) is 5.68. The summed E-state index contributed by atoms with van der Waals surface area (Å²) < 4.78 is 5.79. The van der Waals surface area contributed by atoms with E-state index in [1.807, 2.05) is 29.2 Å². The van der Waals surface area contributed by atoms with Gasteiger partial charge in [-0.1, -0.05) is 12.1 Å². The first-order valence-electron chi connectivity index (χ1n) is 9.70. The van der Waals surface area contributed by atoms with E-state index in [1.165, 1.54) is 19.2 Å². The molecule has 3 fully saturated rings. The zero-order valence-corrected chi connectivity index (χ0v) is 15.9. The summed E-state index contributed by atoms with van der Waals surface area (Å²) >= 11 is 0. The Morgan fingerprint density at radius 3 is 2.56 bits per heavy atom. The number of amides is 1. The minimum atomic E-state index is -0.259. The summed E-state index contributed by atoms with van der Waals surface area (Å²) in [6.45, 7) is 7.40. The summed E-state index contributed by atoms with van der Waals surface area (Å²) in [6.07, 6.45) is 7.09. The molecule has 0 radical (unpaired) electrons. The molecule has 3 aliphatic heterocycles. The van der Waals surface area contributed by atoms with Crippen molar-refractivity contribution in [1.29, 1.82) is 0 Å². The van der Waals surface area contributed by atoms with Gasteiger partial charge in [0.25, 0.3) is 0 Å². The van der Waals surface area contributed by atoms with Crippen molar-refractivity contribution in [2.24, 2.45) is 5.92 Å². The van der Waals surface area contributed by atoms with Crippen LogP contribution in [0.4, 0.5) is 4.79 Å². The normalized spacial score (nSPS) is 24.0. The van der Waals surface area contributed by atoms with Gasteiger partial charge in [0.2, 0.25) is 0 Å². The highest BCUT2D eigenvalue weighted by molar-refractivity contribution is 5.73. The molecule has 0 aliphatic carbocycles. The number of piperidine rings is 3. The highest BCUT2D eigenvalue weighted by atomic mass is 16.6. The number of benzene rings is 1.